The lowest BCUT2D eigenvalue weighted by Gasteiger charge is -2.45. The molecule has 3 aliphatic heterocycles. The number of piperidine rings is 1. The van der Waals surface area contributed by atoms with Crippen LogP contribution in [0.5, 0.6) is 0 Å². The Morgan fingerprint density at radius 2 is 2.14 bits per heavy atom. The lowest BCUT2D eigenvalue weighted by molar-refractivity contribution is -0.137. The number of benzene rings is 1. The summed E-state index contributed by atoms with van der Waals surface area (Å²) >= 11 is 0. The smallest absolute Gasteiger partial charge is 0.337 e. The fraction of sp³-hybridized carbons (Fsp3) is 0.545. The standard InChI is InChI=1S/C22H28N2O4/c1-4-14-12-24-10-9-22(17-7-5-6-8-18(17)23-21(22)26)19(24)11-15(14)16(13-27-2)20(25)28-3/h5-8,13-15,19H,4,9-12H2,1-3H3,(H,23,26)/t14-,15-,19+,22+/m1/s1. The van der Waals surface area contributed by atoms with Gasteiger partial charge in [0.2, 0.25) is 5.91 Å². The van der Waals surface area contributed by atoms with E-state index < -0.39 is 5.41 Å². The van der Waals surface area contributed by atoms with Gasteiger partial charge >= 0.3 is 5.97 Å². The molecule has 0 saturated carbocycles. The number of hydrogen-bond donors (Lipinski definition) is 1. The van der Waals surface area contributed by atoms with Crippen molar-refractivity contribution in [1.29, 1.82) is 0 Å². The number of carbonyl (C=O) groups excluding carboxylic acids is 2. The van der Waals surface area contributed by atoms with E-state index in [9.17, 15) is 9.59 Å². The second kappa shape index (κ2) is 7.24. The Bertz CT molecular complexity index is 821. The zero-order valence-electron chi connectivity index (χ0n) is 16.7. The molecule has 3 aliphatic rings. The zero-order valence-corrected chi connectivity index (χ0v) is 16.7. The van der Waals surface area contributed by atoms with Crippen LogP contribution in [0, 0.1) is 11.8 Å². The van der Waals surface area contributed by atoms with Gasteiger partial charge in [0.25, 0.3) is 0 Å². The molecule has 6 heteroatoms. The first-order valence-corrected chi connectivity index (χ1v) is 10.0. The highest BCUT2D eigenvalue weighted by molar-refractivity contribution is 6.07. The summed E-state index contributed by atoms with van der Waals surface area (Å²) in [6, 6.07) is 8.07. The molecule has 3 heterocycles. The van der Waals surface area contributed by atoms with Crippen LogP contribution in [0.1, 0.15) is 31.7 Å². The number of carbonyl (C=O) groups is 2. The Labute approximate surface area is 165 Å². The highest BCUT2D eigenvalue weighted by Crippen LogP contribution is 2.53. The van der Waals surface area contributed by atoms with Crippen molar-refractivity contribution in [2.45, 2.75) is 37.6 Å². The summed E-state index contributed by atoms with van der Waals surface area (Å²) in [7, 11) is 2.95. The van der Waals surface area contributed by atoms with Crippen LogP contribution < -0.4 is 5.32 Å². The van der Waals surface area contributed by atoms with Gasteiger partial charge in [-0.25, -0.2) is 4.79 Å². The first-order chi connectivity index (χ1) is 13.6. The van der Waals surface area contributed by atoms with E-state index in [0.29, 0.717) is 11.5 Å². The third-order valence-corrected chi connectivity index (χ3v) is 6.97. The van der Waals surface area contributed by atoms with Gasteiger partial charge in [0.1, 0.15) is 0 Å². The minimum atomic E-state index is -0.540. The highest BCUT2D eigenvalue weighted by Gasteiger charge is 2.60. The molecular formula is C22H28N2O4. The predicted octanol–water partition coefficient (Wildman–Crippen LogP) is 2.70. The second-order valence-corrected chi connectivity index (χ2v) is 8.04. The number of amides is 1. The van der Waals surface area contributed by atoms with E-state index in [2.05, 4.69) is 23.2 Å². The number of fused-ring (bicyclic) bond motifs is 4. The van der Waals surface area contributed by atoms with Crippen LogP contribution in [0.25, 0.3) is 0 Å². The summed E-state index contributed by atoms with van der Waals surface area (Å²) in [6.45, 7) is 3.93. The Hall–Kier alpha value is -2.34. The van der Waals surface area contributed by atoms with Crippen molar-refractivity contribution in [2.75, 3.05) is 32.6 Å². The highest BCUT2D eigenvalue weighted by atomic mass is 16.5. The summed E-state index contributed by atoms with van der Waals surface area (Å²) < 4.78 is 10.3. The largest absolute Gasteiger partial charge is 0.504 e. The third-order valence-electron chi connectivity index (χ3n) is 6.97. The van der Waals surface area contributed by atoms with Crippen LogP contribution in [-0.2, 0) is 24.5 Å². The molecule has 6 nitrogen and oxygen atoms in total. The summed E-state index contributed by atoms with van der Waals surface area (Å²) in [5.41, 5.74) is 2.05. The number of hydrogen-bond acceptors (Lipinski definition) is 5. The Kier molecular flexibility index (Phi) is 4.91. The molecule has 0 aliphatic carbocycles. The second-order valence-electron chi connectivity index (χ2n) is 8.04. The molecule has 1 aromatic carbocycles. The molecule has 0 bridgehead atoms. The molecule has 0 aromatic heterocycles. The molecule has 150 valence electrons. The Balaban J connectivity index is 1.74. The van der Waals surface area contributed by atoms with Gasteiger partial charge in [-0.15, -0.1) is 0 Å². The van der Waals surface area contributed by atoms with E-state index in [4.69, 9.17) is 9.47 Å². The summed E-state index contributed by atoms with van der Waals surface area (Å²) in [4.78, 5) is 28.1. The molecule has 0 radical (unpaired) electrons. The Morgan fingerprint density at radius 1 is 1.36 bits per heavy atom. The molecule has 4 atom stereocenters. The van der Waals surface area contributed by atoms with Crippen LogP contribution in [0.15, 0.2) is 36.1 Å². The summed E-state index contributed by atoms with van der Waals surface area (Å²) in [5.74, 6) is 0.0769. The van der Waals surface area contributed by atoms with Crippen molar-refractivity contribution in [3.05, 3.63) is 41.7 Å². The molecule has 1 spiro atoms. The number of rotatable bonds is 4. The van der Waals surface area contributed by atoms with Gasteiger partial charge in [0.05, 0.1) is 31.5 Å². The first-order valence-electron chi connectivity index (χ1n) is 10.0. The number of methoxy groups -OCH3 is 2. The average molecular weight is 384 g/mol. The summed E-state index contributed by atoms with van der Waals surface area (Å²) in [6.07, 6.45) is 4.04. The van der Waals surface area contributed by atoms with E-state index in [0.717, 1.165) is 43.6 Å². The molecule has 1 amide bonds. The molecule has 0 unspecified atom stereocenters. The first kappa shape index (κ1) is 19.0. The molecule has 1 aromatic rings. The van der Waals surface area contributed by atoms with E-state index in [1.807, 2.05) is 18.2 Å². The lowest BCUT2D eigenvalue weighted by atomic mass is 9.67. The maximum Gasteiger partial charge on any atom is 0.337 e. The number of esters is 1. The number of anilines is 1. The van der Waals surface area contributed by atoms with Crippen molar-refractivity contribution in [1.82, 2.24) is 4.90 Å². The molecule has 2 fully saturated rings. The average Bonchev–Trinajstić information content (AvgIpc) is 3.23. The Morgan fingerprint density at radius 3 is 2.86 bits per heavy atom. The monoisotopic (exact) mass is 384 g/mol. The predicted molar refractivity (Wildman–Crippen MR) is 106 cm³/mol. The summed E-state index contributed by atoms with van der Waals surface area (Å²) in [5, 5.41) is 3.10. The molecule has 4 rings (SSSR count). The van der Waals surface area contributed by atoms with Crippen LogP contribution in [0.3, 0.4) is 0 Å². The molecule has 28 heavy (non-hydrogen) atoms. The van der Waals surface area contributed by atoms with Crippen LogP contribution in [-0.4, -0.2) is 50.1 Å². The van der Waals surface area contributed by atoms with Gasteiger partial charge in [0.15, 0.2) is 0 Å². The quantitative estimate of drug-likeness (QED) is 0.491. The third kappa shape index (κ3) is 2.65. The van der Waals surface area contributed by atoms with Crippen molar-refractivity contribution < 1.29 is 19.1 Å². The number of para-hydroxylation sites is 1. The topological polar surface area (TPSA) is 67.9 Å². The number of nitrogens with zero attached hydrogens (tertiary/aromatic N) is 1. The van der Waals surface area contributed by atoms with Crippen molar-refractivity contribution in [3.8, 4) is 0 Å². The minimum Gasteiger partial charge on any atom is -0.504 e. The van der Waals surface area contributed by atoms with Gasteiger partial charge < -0.3 is 14.8 Å². The molecule has 1 N–H and O–H groups in total. The maximum atomic E-state index is 13.2. The van der Waals surface area contributed by atoms with Gasteiger partial charge in [-0.2, -0.15) is 0 Å². The molecular weight excluding hydrogens is 356 g/mol. The maximum absolute atomic E-state index is 13.2. The van der Waals surface area contributed by atoms with Gasteiger partial charge in [-0.3, -0.25) is 9.69 Å². The van der Waals surface area contributed by atoms with Crippen LogP contribution in [0.2, 0.25) is 0 Å². The van der Waals surface area contributed by atoms with E-state index in [-0.39, 0.29) is 23.8 Å². The van der Waals surface area contributed by atoms with Gasteiger partial charge in [0, 0.05) is 18.3 Å². The number of nitrogens with one attached hydrogen (secondary N) is 1. The number of ether oxygens (including phenoxy) is 2. The van der Waals surface area contributed by atoms with Gasteiger partial charge in [-0.05, 0) is 42.9 Å². The fourth-order valence-corrected chi connectivity index (χ4v) is 5.63. The molecule has 2 saturated heterocycles. The van der Waals surface area contributed by atoms with E-state index >= 15 is 0 Å². The van der Waals surface area contributed by atoms with Crippen LogP contribution in [0.4, 0.5) is 5.69 Å². The van der Waals surface area contributed by atoms with Crippen molar-refractivity contribution in [3.63, 3.8) is 0 Å². The van der Waals surface area contributed by atoms with Crippen molar-refractivity contribution >= 4 is 17.6 Å². The minimum absolute atomic E-state index is 0.00851. The SMILES string of the molecule is CC[C@@H]1CN2CC[C@@]3(C(=O)Nc4ccccc43)[C@@H]2C[C@H]1C(=COC)C(=O)OC. The zero-order chi connectivity index (χ0) is 19.9. The van der Waals surface area contributed by atoms with Crippen LogP contribution >= 0.6 is 0 Å². The van der Waals surface area contributed by atoms with Crippen molar-refractivity contribution in [2.24, 2.45) is 11.8 Å². The van der Waals surface area contributed by atoms with Gasteiger partial charge in [-0.1, -0.05) is 31.5 Å². The van der Waals surface area contributed by atoms with E-state index in [1.54, 1.807) is 7.11 Å². The lowest BCUT2D eigenvalue weighted by Crippen LogP contribution is -2.53. The fourth-order valence-electron chi connectivity index (χ4n) is 5.63. The normalized spacial score (nSPS) is 32.0. The van der Waals surface area contributed by atoms with E-state index in [1.165, 1.54) is 13.4 Å².